The molecule has 0 aliphatic carbocycles. The zero-order valence-electron chi connectivity index (χ0n) is 7.64. The normalized spacial score (nSPS) is 14.6. The van der Waals surface area contributed by atoms with E-state index in [0.29, 0.717) is 0 Å². The molecular formula is C8H17NO2. The van der Waals surface area contributed by atoms with Crippen LogP contribution >= 0.6 is 0 Å². The van der Waals surface area contributed by atoms with Crippen molar-refractivity contribution in [2.45, 2.75) is 39.3 Å². The van der Waals surface area contributed by atoms with E-state index in [1.807, 2.05) is 20.8 Å². The van der Waals surface area contributed by atoms with Gasteiger partial charge in [-0.15, -0.1) is 0 Å². The Kier molecular flexibility index (Phi) is 3.69. The fourth-order valence-electron chi connectivity index (χ4n) is 0.799. The first kappa shape index (κ1) is 10.6. The van der Waals surface area contributed by atoms with E-state index in [2.05, 4.69) is 5.32 Å². The lowest BCUT2D eigenvalue weighted by Gasteiger charge is -2.25. The van der Waals surface area contributed by atoms with Crippen molar-refractivity contribution >= 4 is 5.78 Å². The fourth-order valence-corrected chi connectivity index (χ4v) is 0.799. The number of carbonyl (C=O) groups excluding carboxylic acids is 1. The minimum atomic E-state index is -0.421. The highest BCUT2D eigenvalue weighted by molar-refractivity contribution is 5.81. The molecule has 0 aliphatic rings. The second-order valence-corrected chi connectivity index (χ2v) is 3.74. The molecule has 2 N–H and O–H groups in total. The molecule has 0 amide bonds. The quantitative estimate of drug-likeness (QED) is 0.623. The number of aliphatic hydroxyl groups is 1. The molecule has 0 heterocycles. The van der Waals surface area contributed by atoms with E-state index < -0.39 is 6.04 Å². The summed E-state index contributed by atoms with van der Waals surface area (Å²) in [6, 6.07) is -0.421. The third kappa shape index (κ3) is 4.93. The Balaban J connectivity index is 3.99. The Labute approximate surface area is 67.8 Å². The molecule has 0 spiro atoms. The molecule has 3 heteroatoms. The average Bonchev–Trinajstić information content (AvgIpc) is 1.80. The fraction of sp³-hybridized carbons (Fsp3) is 0.875. The average molecular weight is 159 g/mol. The van der Waals surface area contributed by atoms with Gasteiger partial charge >= 0.3 is 0 Å². The molecule has 0 aromatic rings. The van der Waals surface area contributed by atoms with Crippen molar-refractivity contribution in [2.24, 2.45) is 0 Å². The van der Waals surface area contributed by atoms with E-state index >= 15 is 0 Å². The van der Waals surface area contributed by atoms with Gasteiger partial charge in [0.1, 0.15) is 5.78 Å². The maximum atomic E-state index is 10.8. The number of rotatable bonds is 3. The van der Waals surface area contributed by atoms with Crippen LogP contribution in [-0.2, 0) is 4.79 Å². The van der Waals surface area contributed by atoms with Crippen molar-refractivity contribution in [1.82, 2.24) is 5.32 Å². The van der Waals surface area contributed by atoms with Crippen LogP contribution < -0.4 is 5.32 Å². The van der Waals surface area contributed by atoms with Gasteiger partial charge in [0.25, 0.3) is 0 Å². The third-order valence-corrected chi connectivity index (χ3v) is 1.28. The van der Waals surface area contributed by atoms with Crippen molar-refractivity contribution in [3.63, 3.8) is 0 Å². The summed E-state index contributed by atoms with van der Waals surface area (Å²) in [5.41, 5.74) is -0.126. The first-order valence-corrected chi connectivity index (χ1v) is 3.76. The van der Waals surface area contributed by atoms with E-state index in [0.717, 1.165) is 0 Å². The smallest absolute Gasteiger partial charge is 0.149 e. The summed E-state index contributed by atoms with van der Waals surface area (Å²) >= 11 is 0. The lowest BCUT2D eigenvalue weighted by atomic mass is 10.1. The third-order valence-electron chi connectivity index (χ3n) is 1.28. The van der Waals surface area contributed by atoms with Gasteiger partial charge in [-0.1, -0.05) is 0 Å². The zero-order valence-corrected chi connectivity index (χ0v) is 7.64. The first-order valence-electron chi connectivity index (χ1n) is 3.76. The van der Waals surface area contributed by atoms with Gasteiger partial charge in [0.15, 0.2) is 0 Å². The summed E-state index contributed by atoms with van der Waals surface area (Å²) < 4.78 is 0. The maximum Gasteiger partial charge on any atom is 0.149 e. The lowest BCUT2D eigenvalue weighted by Crippen LogP contribution is -2.48. The van der Waals surface area contributed by atoms with Gasteiger partial charge in [0.2, 0.25) is 0 Å². The predicted molar refractivity (Wildman–Crippen MR) is 44.4 cm³/mol. The monoisotopic (exact) mass is 159 g/mol. The Morgan fingerprint density at radius 1 is 1.55 bits per heavy atom. The van der Waals surface area contributed by atoms with Crippen molar-refractivity contribution in [2.75, 3.05) is 6.61 Å². The van der Waals surface area contributed by atoms with Crippen molar-refractivity contribution in [1.29, 1.82) is 0 Å². The second-order valence-electron chi connectivity index (χ2n) is 3.74. The van der Waals surface area contributed by atoms with Gasteiger partial charge < -0.3 is 10.4 Å². The zero-order chi connectivity index (χ0) is 9.07. The van der Waals surface area contributed by atoms with E-state index in [-0.39, 0.29) is 17.9 Å². The minimum Gasteiger partial charge on any atom is -0.394 e. The molecule has 66 valence electrons. The summed E-state index contributed by atoms with van der Waals surface area (Å²) in [4.78, 5) is 10.8. The van der Waals surface area contributed by atoms with Gasteiger partial charge in [-0.2, -0.15) is 0 Å². The Morgan fingerprint density at radius 3 is 2.09 bits per heavy atom. The predicted octanol–water partition coefficient (Wildman–Crippen LogP) is 0.324. The molecule has 0 bridgehead atoms. The van der Waals surface area contributed by atoms with E-state index in [4.69, 9.17) is 5.11 Å². The van der Waals surface area contributed by atoms with E-state index in [1.165, 1.54) is 6.92 Å². The van der Waals surface area contributed by atoms with Crippen LogP contribution in [0.2, 0.25) is 0 Å². The standard InChI is InChI=1S/C8H17NO2/c1-6(11)7(5-10)9-8(2,3)4/h7,9-10H,5H2,1-4H3/t7-/m1/s1. The molecular weight excluding hydrogens is 142 g/mol. The van der Waals surface area contributed by atoms with Crippen LogP contribution in [-0.4, -0.2) is 29.1 Å². The number of nitrogens with one attached hydrogen (secondary N) is 1. The Hall–Kier alpha value is -0.410. The molecule has 0 saturated heterocycles. The molecule has 0 rings (SSSR count). The topological polar surface area (TPSA) is 49.3 Å². The van der Waals surface area contributed by atoms with Crippen molar-refractivity contribution in [3.8, 4) is 0 Å². The van der Waals surface area contributed by atoms with Gasteiger partial charge in [0.05, 0.1) is 12.6 Å². The summed E-state index contributed by atoms with van der Waals surface area (Å²) in [5, 5.41) is 11.8. The second kappa shape index (κ2) is 3.83. The van der Waals surface area contributed by atoms with Crippen LogP contribution in [0.5, 0.6) is 0 Å². The summed E-state index contributed by atoms with van der Waals surface area (Å²) in [5.74, 6) is -0.0255. The number of hydrogen-bond donors (Lipinski definition) is 2. The highest BCUT2D eigenvalue weighted by Gasteiger charge is 2.19. The molecule has 3 nitrogen and oxygen atoms in total. The Bertz CT molecular complexity index is 138. The highest BCUT2D eigenvalue weighted by atomic mass is 16.3. The van der Waals surface area contributed by atoms with Crippen LogP contribution in [0.15, 0.2) is 0 Å². The van der Waals surface area contributed by atoms with Gasteiger partial charge in [-0.05, 0) is 27.7 Å². The molecule has 11 heavy (non-hydrogen) atoms. The summed E-state index contributed by atoms with van der Waals surface area (Å²) in [6.45, 7) is 7.21. The van der Waals surface area contributed by atoms with Crippen LogP contribution in [0.3, 0.4) is 0 Å². The number of Topliss-reactive ketones (excluding diaryl/α,β-unsaturated/α-hetero) is 1. The lowest BCUT2D eigenvalue weighted by molar-refractivity contribution is -0.120. The van der Waals surface area contributed by atoms with Gasteiger partial charge in [-0.25, -0.2) is 0 Å². The largest absolute Gasteiger partial charge is 0.394 e. The van der Waals surface area contributed by atoms with Crippen LogP contribution in [0.25, 0.3) is 0 Å². The summed E-state index contributed by atoms with van der Waals surface area (Å²) in [7, 11) is 0. The number of aliphatic hydroxyl groups excluding tert-OH is 1. The first-order chi connectivity index (χ1) is 4.87. The molecule has 0 aromatic heterocycles. The number of hydrogen-bond acceptors (Lipinski definition) is 3. The molecule has 0 fully saturated rings. The van der Waals surface area contributed by atoms with Crippen molar-refractivity contribution < 1.29 is 9.90 Å². The summed E-state index contributed by atoms with van der Waals surface area (Å²) in [6.07, 6.45) is 0. The van der Waals surface area contributed by atoms with E-state index in [9.17, 15) is 4.79 Å². The molecule has 0 aromatic carbocycles. The molecule has 0 saturated carbocycles. The van der Waals surface area contributed by atoms with Crippen molar-refractivity contribution in [3.05, 3.63) is 0 Å². The van der Waals surface area contributed by atoms with Crippen LogP contribution in [0.4, 0.5) is 0 Å². The number of carbonyl (C=O) groups is 1. The highest BCUT2D eigenvalue weighted by Crippen LogP contribution is 2.01. The van der Waals surface area contributed by atoms with Crippen LogP contribution in [0.1, 0.15) is 27.7 Å². The molecule has 1 atom stereocenters. The van der Waals surface area contributed by atoms with Gasteiger partial charge in [0, 0.05) is 5.54 Å². The molecule has 0 radical (unpaired) electrons. The minimum absolute atomic E-state index is 0.0255. The maximum absolute atomic E-state index is 10.8. The SMILES string of the molecule is CC(=O)[C@@H](CO)NC(C)(C)C. The molecule has 0 aliphatic heterocycles. The van der Waals surface area contributed by atoms with Gasteiger partial charge in [-0.3, -0.25) is 4.79 Å². The Morgan fingerprint density at radius 2 is 2.00 bits per heavy atom. The van der Waals surface area contributed by atoms with Crippen LogP contribution in [0, 0.1) is 0 Å². The molecule has 0 unspecified atom stereocenters. The van der Waals surface area contributed by atoms with E-state index in [1.54, 1.807) is 0 Å². The number of ketones is 1.